The summed E-state index contributed by atoms with van der Waals surface area (Å²) in [5, 5.41) is 13.4. The SMILES string of the molecule is Cc1ccc(N(CC(=O)Nc2ccc([N+](=O)[O-])cc2)C(C)C)cc1. The Morgan fingerprint density at radius 1 is 1.12 bits per heavy atom. The molecule has 6 nitrogen and oxygen atoms in total. The average molecular weight is 327 g/mol. The smallest absolute Gasteiger partial charge is 0.269 e. The van der Waals surface area contributed by atoms with E-state index in [1.165, 1.54) is 24.3 Å². The first kappa shape index (κ1) is 17.5. The van der Waals surface area contributed by atoms with Gasteiger partial charge in [-0.3, -0.25) is 14.9 Å². The van der Waals surface area contributed by atoms with Crippen LogP contribution in [0.3, 0.4) is 0 Å². The number of carbonyl (C=O) groups is 1. The highest BCUT2D eigenvalue weighted by Gasteiger charge is 2.15. The largest absolute Gasteiger partial charge is 0.360 e. The van der Waals surface area contributed by atoms with Crippen molar-refractivity contribution < 1.29 is 9.72 Å². The molecule has 2 rings (SSSR count). The average Bonchev–Trinajstić information content (AvgIpc) is 2.54. The van der Waals surface area contributed by atoms with Crippen molar-refractivity contribution in [3.8, 4) is 0 Å². The molecule has 126 valence electrons. The molecular formula is C18H21N3O3. The monoisotopic (exact) mass is 327 g/mol. The number of nitro groups is 1. The molecule has 0 aliphatic rings. The fraction of sp³-hybridized carbons (Fsp3) is 0.278. The third-order valence-corrected chi connectivity index (χ3v) is 3.66. The topological polar surface area (TPSA) is 75.5 Å². The second-order valence-corrected chi connectivity index (χ2v) is 5.91. The molecule has 0 radical (unpaired) electrons. The molecule has 0 heterocycles. The van der Waals surface area contributed by atoms with Gasteiger partial charge in [-0.25, -0.2) is 0 Å². The van der Waals surface area contributed by atoms with Crippen LogP contribution in [0.15, 0.2) is 48.5 Å². The quantitative estimate of drug-likeness (QED) is 0.647. The van der Waals surface area contributed by atoms with Gasteiger partial charge in [0.2, 0.25) is 5.91 Å². The molecule has 2 aromatic rings. The van der Waals surface area contributed by atoms with Crippen LogP contribution in [0.1, 0.15) is 19.4 Å². The van der Waals surface area contributed by atoms with Gasteiger partial charge >= 0.3 is 0 Å². The highest BCUT2D eigenvalue weighted by atomic mass is 16.6. The number of amides is 1. The molecule has 0 saturated carbocycles. The lowest BCUT2D eigenvalue weighted by molar-refractivity contribution is -0.384. The van der Waals surface area contributed by atoms with Gasteiger partial charge in [0.25, 0.3) is 5.69 Å². The van der Waals surface area contributed by atoms with Crippen molar-refractivity contribution in [3.05, 3.63) is 64.2 Å². The number of benzene rings is 2. The number of hydrogen-bond acceptors (Lipinski definition) is 4. The number of aryl methyl sites for hydroxylation is 1. The maximum atomic E-state index is 12.3. The zero-order chi connectivity index (χ0) is 17.7. The van der Waals surface area contributed by atoms with Gasteiger partial charge in [0.15, 0.2) is 0 Å². The van der Waals surface area contributed by atoms with E-state index in [-0.39, 0.29) is 24.2 Å². The van der Waals surface area contributed by atoms with Crippen molar-refractivity contribution in [2.75, 3.05) is 16.8 Å². The summed E-state index contributed by atoms with van der Waals surface area (Å²) in [6, 6.07) is 14.0. The van der Waals surface area contributed by atoms with E-state index >= 15 is 0 Å². The zero-order valence-electron chi connectivity index (χ0n) is 14.0. The van der Waals surface area contributed by atoms with Crippen LogP contribution in [0, 0.1) is 17.0 Å². The van der Waals surface area contributed by atoms with Crippen LogP contribution in [0.4, 0.5) is 17.1 Å². The maximum Gasteiger partial charge on any atom is 0.269 e. The number of carbonyl (C=O) groups excluding carboxylic acids is 1. The number of anilines is 2. The van der Waals surface area contributed by atoms with E-state index < -0.39 is 4.92 Å². The molecule has 0 aliphatic carbocycles. The molecule has 0 aliphatic heterocycles. The summed E-state index contributed by atoms with van der Waals surface area (Å²) in [5.74, 6) is -0.168. The Morgan fingerprint density at radius 3 is 2.21 bits per heavy atom. The highest BCUT2D eigenvalue weighted by Crippen LogP contribution is 2.19. The van der Waals surface area contributed by atoms with Gasteiger partial charge in [-0.05, 0) is 45.0 Å². The van der Waals surface area contributed by atoms with E-state index in [2.05, 4.69) is 5.32 Å². The Bertz CT molecular complexity index is 709. The van der Waals surface area contributed by atoms with Crippen LogP contribution in [-0.2, 0) is 4.79 Å². The number of nitrogens with one attached hydrogen (secondary N) is 1. The minimum absolute atomic E-state index is 0.00328. The van der Waals surface area contributed by atoms with Crippen molar-refractivity contribution in [2.24, 2.45) is 0 Å². The van der Waals surface area contributed by atoms with Crippen LogP contribution in [0.5, 0.6) is 0 Å². The molecule has 1 N–H and O–H groups in total. The molecule has 6 heteroatoms. The molecule has 2 aromatic carbocycles. The Morgan fingerprint density at radius 2 is 1.71 bits per heavy atom. The van der Waals surface area contributed by atoms with E-state index in [1.807, 2.05) is 49.9 Å². The van der Waals surface area contributed by atoms with Crippen molar-refractivity contribution in [2.45, 2.75) is 26.8 Å². The second-order valence-electron chi connectivity index (χ2n) is 5.91. The first-order valence-corrected chi connectivity index (χ1v) is 7.74. The minimum atomic E-state index is -0.469. The third-order valence-electron chi connectivity index (χ3n) is 3.66. The summed E-state index contributed by atoms with van der Waals surface area (Å²) in [4.78, 5) is 24.5. The molecule has 0 atom stereocenters. The fourth-order valence-corrected chi connectivity index (χ4v) is 2.33. The lowest BCUT2D eigenvalue weighted by Gasteiger charge is -2.28. The highest BCUT2D eigenvalue weighted by molar-refractivity contribution is 5.94. The van der Waals surface area contributed by atoms with Gasteiger partial charge in [-0.2, -0.15) is 0 Å². The van der Waals surface area contributed by atoms with Crippen molar-refractivity contribution >= 4 is 23.0 Å². The predicted molar refractivity (Wildman–Crippen MR) is 95.4 cm³/mol. The van der Waals surface area contributed by atoms with Gasteiger partial charge in [-0.15, -0.1) is 0 Å². The van der Waals surface area contributed by atoms with E-state index in [0.29, 0.717) is 5.69 Å². The Hall–Kier alpha value is -2.89. The maximum absolute atomic E-state index is 12.3. The lowest BCUT2D eigenvalue weighted by Crippen LogP contribution is -2.38. The molecule has 24 heavy (non-hydrogen) atoms. The Labute approximate surface area is 141 Å². The molecule has 0 saturated heterocycles. The van der Waals surface area contributed by atoms with E-state index in [0.717, 1.165) is 11.3 Å². The van der Waals surface area contributed by atoms with Crippen LogP contribution in [0.2, 0.25) is 0 Å². The van der Waals surface area contributed by atoms with Crippen LogP contribution < -0.4 is 10.2 Å². The van der Waals surface area contributed by atoms with Gasteiger partial charge in [0, 0.05) is 29.5 Å². The van der Waals surface area contributed by atoms with Crippen LogP contribution in [-0.4, -0.2) is 23.4 Å². The molecule has 0 bridgehead atoms. The fourth-order valence-electron chi connectivity index (χ4n) is 2.33. The minimum Gasteiger partial charge on any atom is -0.360 e. The molecule has 0 spiro atoms. The second kappa shape index (κ2) is 7.59. The molecule has 0 aromatic heterocycles. The molecular weight excluding hydrogens is 306 g/mol. The first-order chi connectivity index (χ1) is 11.4. The van der Waals surface area contributed by atoms with E-state index in [4.69, 9.17) is 0 Å². The number of non-ortho nitro benzene ring substituents is 1. The molecule has 1 amide bonds. The van der Waals surface area contributed by atoms with Gasteiger partial charge in [0.05, 0.1) is 11.5 Å². The molecule has 0 unspecified atom stereocenters. The summed E-state index contributed by atoms with van der Waals surface area (Å²) >= 11 is 0. The number of rotatable bonds is 6. The summed E-state index contributed by atoms with van der Waals surface area (Å²) in [6.45, 7) is 6.28. The van der Waals surface area contributed by atoms with Gasteiger partial charge < -0.3 is 10.2 Å². The summed E-state index contributed by atoms with van der Waals surface area (Å²) < 4.78 is 0. The normalized spacial score (nSPS) is 10.5. The number of hydrogen-bond donors (Lipinski definition) is 1. The first-order valence-electron chi connectivity index (χ1n) is 7.74. The van der Waals surface area contributed by atoms with Crippen molar-refractivity contribution in [1.82, 2.24) is 0 Å². The summed E-state index contributed by atoms with van der Waals surface area (Å²) in [5.41, 5.74) is 2.68. The Kier molecular flexibility index (Phi) is 5.52. The van der Waals surface area contributed by atoms with Crippen molar-refractivity contribution in [1.29, 1.82) is 0 Å². The zero-order valence-corrected chi connectivity index (χ0v) is 14.0. The lowest BCUT2D eigenvalue weighted by atomic mass is 10.2. The van der Waals surface area contributed by atoms with Crippen molar-refractivity contribution in [3.63, 3.8) is 0 Å². The Balaban J connectivity index is 2.05. The van der Waals surface area contributed by atoms with Crippen LogP contribution in [0.25, 0.3) is 0 Å². The number of nitrogens with zero attached hydrogens (tertiary/aromatic N) is 2. The third kappa shape index (κ3) is 4.55. The number of nitro benzene ring substituents is 1. The molecule has 0 fully saturated rings. The van der Waals surface area contributed by atoms with Crippen LogP contribution >= 0.6 is 0 Å². The standard InChI is InChI=1S/C18H21N3O3/c1-13(2)20(16-8-4-14(3)5-9-16)12-18(22)19-15-6-10-17(11-7-15)21(23)24/h4-11,13H,12H2,1-3H3,(H,19,22). The van der Waals surface area contributed by atoms with E-state index in [9.17, 15) is 14.9 Å². The summed E-state index contributed by atoms with van der Waals surface area (Å²) in [6.07, 6.45) is 0. The van der Waals surface area contributed by atoms with Gasteiger partial charge in [-0.1, -0.05) is 17.7 Å². The summed E-state index contributed by atoms with van der Waals surface area (Å²) in [7, 11) is 0. The predicted octanol–water partition coefficient (Wildman–Crippen LogP) is 3.76. The van der Waals surface area contributed by atoms with E-state index in [1.54, 1.807) is 0 Å². The van der Waals surface area contributed by atoms with Gasteiger partial charge in [0.1, 0.15) is 0 Å².